The van der Waals surface area contributed by atoms with Crippen molar-refractivity contribution in [3.05, 3.63) is 58.1 Å². The summed E-state index contributed by atoms with van der Waals surface area (Å²) in [7, 11) is 3.19. The number of carbonyl (C=O) groups is 2. The van der Waals surface area contributed by atoms with Crippen molar-refractivity contribution in [2.24, 2.45) is 0 Å². The average Bonchev–Trinajstić information content (AvgIpc) is 3.71. The number of rotatable bonds is 12. The lowest BCUT2D eigenvalue weighted by molar-refractivity contribution is -0.148. The highest BCUT2D eigenvalue weighted by molar-refractivity contribution is 6.33. The molecule has 2 fully saturated rings. The number of carbonyl (C=O) groups excluding carboxylic acids is 1. The molecule has 2 N–H and O–H groups in total. The third-order valence-corrected chi connectivity index (χ3v) is 7.78. The minimum Gasteiger partial charge on any atom is -0.496 e. The van der Waals surface area contributed by atoms with E-state index in [1.54, 1.807) is 19.1 Å². The minimum atomic E-state index is -1.24. The van der Waals surface area contributed by atoms with Crippen molar-refractivity contribution in [2.45, 2.75) is 63.1 Å². The van der Waals surface area contributed by atoms with Gasteiger partial charge in [-0.05, 0) is 56.6 Å². The van der Waals surface area contributed by atoms with Gasteiger partial charge in [-0.3, -0.25) is 0 Å². The third kappa shape index (κ3) is 5.80. The first-order chi connectivity index (χ1) is 17.8. The Morgan fingerprint density at radius 3 is 2.43 bits per heavy atom. The van der Waals surface area contributed by atoms with E-state index in [1.807, 2.05) is 43.3 Å². The highest BCUT2D eigenvalue weighted by Crippen LogP contribution is 2.53. The quantitative estimate of drug-likeness (QED) is 0.350. The summed E-state index contributed by atoms with van der Waals surface area (Å²) >= 11 is 6.86. The van der Waals surface area contributed by atoms with Crippen LogP contribution in [-0.4, -0.2) is 54.9 Å². The predicted molar refractivity (Wildman–Crippen MR) is 140 cm³/mol. The standard InChI is InChI=1S/C28H35ClN2O6/c1-18(21-16-22(35-2)23(20-10-11-20)25(36-3)24(21)29)31(14-15-37-17-19-8-5-4-6-9-19)27(34)30-28(26(32)33)12-7-13-28/h4-6,8-9,16,18,20H,7,10-15,17H2,1-3H3,(H,30,34)(H,32,33)/t18-/m1/s1. The van der Waals surface area contributed by atoms with E-state index >= 15 is 0 Å². The first-order valence-electron chi connectivity index (χ1n) is 12.7. The van der Waals surface area contributed by atoms with Crippen molar-refractivity contribution < 1.29 is 28.9 Å². The van der Waals surface area contributed by atoms with Crippen molar-refractivity contribution in [2.75, 3.05) is 27.4 Å². The van der Waals surface area contributed by atoms with Gasteiger partial charge in [0.05, 0.1) is 38.5 Å². The predicted octanol–water partition coefficient (Wildman–Crippen LogP) is 5.53. The molecule has 8 nitrogen and oxygen atoms in total. The summed E-state index contributed by atoms with van der Waals surface area (Å²) < 4.78 is 17.3. The molecule has 0 saturated heterocycles. The highest BCUT2D eigenvalue weighted by atomic mass is 35.5. The van der Waals surface area contributed by atoms with Crippen LogP contribution in [0.15, 0.2) is 36.4 Å². The number of carboxylic acids is 1. The van der Waals surface area contributed by atoms with Crippen LogP contribution in [0.4, 0.5) is 4.79 Å². The molecule has 0 heterocycles. The van der Waals surface area contributed by atoms with Gasteiger partial charge in [-0.15, -0.1) is 0 Å². The van der Waals surface area contributed by atoms with E-state index in [0.717, 1.165) is 30.4 Å². The number of methoxy groups -OCH3 is 2. The molecule has 0 spiro atoms. The monoisotopic (exact) mass is 530 g/mol. The fourth-order valence-corrected chi connectivity index (χ4v) is 5.23. The summed E-state index contributed by atoms with van der Waals surface area (Å²) in [5, 5.41) is 13.0. The molecule has 9 heteroatoms. The van der Waals surface area contributed by atoms with Crippen molar-refractivity contribution >= 4 is 23.6 Å². The second-order valence-corrected chi connectivity index (χ2v) is 10.2. The lowest BCUT2D eigenvalue weighted by Gasteiger charge is -2.41. The molecule has 2 amide bonds. The van der Waals surface area contributed by atoms with Crippen molar-refractivity contribution in [3.63, 3.8) is 0 Å². The lowest BCUT2D eigenvalue weighted by Crippen LogP contribution is -2.62. The molecule has 4 rings (SSSR count). The number of halogens is 1. The fourth-order valence-electron chi connectivity index (χ4n) is 4.84. The Morgan fingerprint density at radius 1 is 1.19 bits per heavy atom. The SMILES string of the molecule is COc1cc([C@@H](C)N(CCOCc2ccccc2)C(=O)NC2(C(=O)O)CCC2)c(Cl)c(OC)c1C1CC1. The number of benzene rings is 2. The van der Waals surface area contributed by atoms with Gasteiger partial charge in [0.1, 0.15) is 17.0 Å². The molecule has 0 aromatic heterocycles. The zero-order valence-electron chi connectivity index (χ0n) is 21.6. The zero-order chi connectivity index (χ0) is 26.6. The van der Waals surface area contributed by atoms with E-state index in [2.05, 4.69) is 5.32 Å². The molecule has 0 bridgehead atoms. The molecule has 1 atom stereocenters. The lowest BCUT2D eigenvalue weighted by atomic mass is 9.77. The van der Waals surface area contributed by atoms with E-state index in [1.165, 1.54) is 0 Å². The second-order valence-electron chi connectivity index (χ2n) is 9.78. The summed E-state index contributed by atoms with van der Waals surface area (Å²) in [5.74, 6) is 0.557. The summed E-state index contributed by atoms with van der Waals surface area (Å²) in [6.45, 7) is 2.77. The number of hydrogen-bond donors (Lipinski definition) is 2. The zero-order valence-corrected chi connectivity index (χ0v) is 22.3. The maximum atomic E-state index is 13.5. The molecule has 2 saturated carbocycles. The van der Waals surface area contributed by atoms with Crippen LogP contribution in [-0.2, 0) is 16.1 Å². The molecular formula is C28H35ClN2O6. The van der Waals surface area contributed by atoms with Crippen LogP contribution in [0.5, 0.6) is 11.5 Å². The molecule has 37 heavy (non-hydrogen) atoms. The van der Waals surface area contributed by atoms with Crippen molar-refractivity contribution in [1.82, 2.24) is 10.2 Å². The van der Waals surface area contributed by atoms with Gasteiger partial charge in [0.2, 0.25) is 0 Å². The number of nitrogens with one attached hydrogen (secondary N) is 1. The molecule has 2 aliphatic rings. The largest absolute Gasteiger partial charge is 0.496 e. The minimum absolute atomic E-state index is 0.237. The number of hydrogen-bond acceptors (Lipinski definition) is 5. The number of ether oxygens (including phenoxy) is 3. The van der Waals surface area contributed by atoms with E-state index in [9.17, 15) is 14.7 Å². The number of carboxylic acid groups (broad SMARTS) is 1. The highest BCUT2D eigenvalue weighted by Gasteiger charge is 2.47. The first-order valence-corrected chi connectivity index (χ1v) is 13.1. The molecule has 2 aliphatic carbocycles. The van der Waals surface area contributed by atoms with Crippen LogP contribution < -0.4 is 14.8 Å². The summed E-state index contributed by atoms with van der Waals surface area (Å²) in [4.78, 5) is 27.0. The molecule has 0 unspecified atom stereocenters. The number of amides is 2. The summed E-state index contributed by atoms with van der Waals surface area (Å²) in [5.41, 5.74) is 1.40. The number of aliphatic carboxylic acids is 1. The van der Waals surface area contributed by atoms with E-state index in [4.69, 9.17) is 25.8 Å². The molecule has 0 radical (unpaired) electrons. The second kappa shape index (κ2) is 11.6. The third-order valence-electron chi connectivity index (χ3n) is 7.39. The maximum absolute atomic E-state index is 13.5. The Hall–Kier alpha value is -2.97. The van der Waals surface area contributed by atoms with Gasteiger partial charge in [-0.25, -0.2) is 9.59 Å². The van der Waals surface area contributed by atoms with E-state index in [0.29, 0.717) is 47.5 Å². The van der Waals surface area contributed by atoms with Gasteiger partial charge in [-0.1, -0.05) is 41.9 Å². The fraction of sp³-hybridized carbons (Fsp3) is 0.500. The topological polar surface area (TPSA) is 97.3 Å². The van der Waals surface area contributed by atoms with E-state index in [-0.39, 0.29) is 13.2 Å². The molecule has 2 aromatic carbocycles. The number of nitrogens with zero attached hydrogens (tertiary/aromatic N) is 1. The Morgan fingerprint density at radius 2 is 1.89 bits per heavy atom. The van der Waals surface area contributed by atoms with Gasteiger partial charge >= 0.3 is 12.0 Å². The van der Waals surface area contributed by atoms with Gasteiger partial charge in [0, 0.05) is 17.7 Å². The van der Waals surface area contributed by atoms with Crippen LogP contribution in [0.3, 0.4) is 0 Å². The first kappa shape index (κ1) is 27.1. The van der Waals surface area contributed by atoms with Crippen LogP contribution >= 0.6 is 11.6 Å². The summed E-state index contributed by atoms with van der Waals surface area (Å²) in [6.07, 6.45) is 3.65. The van der Waals surface area contributed by atoms with Crippen LogP contribution in [0.1, 0.15) is 67.7 Å². The Kier molecular flexibility index (Phi) is 8.49. The number of urea groups is 1. The van der Waals surface area contributed by atoms with Crippen LogP contribution in [0.2, 0.25) is 5.02 Å². The Labute approximate surface area is 222 Å². The molecule has 0 aliphatic heterocycles. The maximum Gasteiger partial charge on any atom is 0.329 e. The summed E-state index contributed by atoms with van der Waals surface area (Å²) in [6, 6.07) is 10.7. The van der Waals surface area contributed by atoms with Crippen LogP contribution in [0.25, 0.3) is 0 Å². The Bertz CT molecular complexity index is 1120. The van der Waals surface area contributed by atoms with Crippen LogP contribution in [0, 0.1) is 0 Å². The Balaban J connectivity index is 1.59. The molecule has 2 aromatic rings. The van der Waals surface area contributed by atoms with Gasteiger partial charge in [0.15, 0.2) is 0 Å². The average molecular weight is 531 g/mol. The van der Waals surface area contributed by atoms with Gasteiger partial charge < -0.3 is 29.5 Å². The molecular weight excluding hydrogens is 496 g/mol. The van der Waals surface area contributed by atoms with Gasteiger partial charge in [-0.2, -0.15) is 0 Å². The smallest absolute Gasteiger partial charge is 0.329 e. The van der Waals surface area contributed by atoms with Crippen molar-refractivity contribution in [3.8, 4) is 11.5 Å². The van der Waals surface area contributed by atoms with E-state index < -0.39 is 23.6 Å². The molecule has 200 valence electrons. The normalized spacial score (nSPS) is 16.9. The van der Waals surface area contributed by atoms with Crippen molar-refractivity contribution in [1.29, 1.82) is 0 Å². The van der Waals surface area contributed by atoms with Gasteiger partial charge in [0.25, 0.3) is 0 Å².